The van der Waals surface area contributed by atoms with E-state index in [1.165, 1.54) is 26.4 Å². The summed E-state index contributed by atoms with van der Waals surface area (Å²) in [5, 5.41) is 10.0. The van der Waals surface area contributed by atoms with Gasteiger partial charge in [-0.25, -0.2) is 4.39 Å². The number of hydrogen-bond acceptors (Lipinski definition) is 4. The number of ether oxygens (including phenoxy) is 2. The van der Waals surface area contributed by atoms with E-state index in [1.807, 2.05) is 24.3 Å². The van der Waals surface area contributed by atoms with Gasteiger partial charge in [-0.3, -0.25) is 4.90 Å². The van der Waals surface area contributed by atoms with Crippen molar-refractivity contribution < 1.29 is 19.0 Å². The Balaban J connectivity index is 1.83. The molecule has 1 atom stereocenters. The normalized spacial score (nSPS) is 17.9. The maximum atomic E-state index is 13.2. The summed E-state index contributed by atoms with van der Waals surface area (Å²) in [6.45, 7) is 1.70. The lowest BCUT2D eigenvalue weighted by Gasteiger charge is -2.25. The van der Waals surface area contributed by atoms with Crippen LogP contribution in [0.3, 0.4) is 0 Å². The molecular formula is C19H22FNO3. The maximum absolute atomic E-state index is 13.2. The third-order valence-corrected chi connectivity index (χ3v) is 4.54. The third-order valence-electron chi connectivity index (χ3n) is 4.54. The molecule has 1 saturated heterocycles. The summed E-state index contributed by atoms with van der Waals surface area (Å²) in [5.74, 6) is 0.611. The van der Waals surface area contributed by atoms with E-state index >= 15 is 0 Å². The van der Waals surface area contributed by atoms with Crippen LogP contribution < -0.4 is 9.47 Å². The Kier molecular flexibility index (Phi) is 4.90. The van der Waals surface area contributed by atoms with Crippen molar-refractivity contribution in [1.82, 2.24) is 4.90 Å². The first kappa shape index (κ1) is 16.6. The van der Waals surface area contributed by atoms with Crippen molar-refractivity contribution in [3.05, 3.63) is 53.3 Å². The van der Waals surface area contributed by atoms with Crippen LogP contribution in [0.1, 0.15) is 30.0 Å². The topological polar surface area (TPSA) is 41.9 Å². The fourth-order valence-corrected chi connectivity index (χ4v) is 3.35. The predicted octanol–water partition coefficient (Wildman–Crippen LogP) is 3.89. The Labute approximate surface area is 141 Å². The summed E-state index contributed by atoms with van der Waals surface area (Å²) in [6, 6.07) is 10.7. The molecule has 1 fully saturated rings. The van der Waals surface area contributed by atoms with Crippen molar-refractivity contribution in [1.29, 1.82) is 0 Å². The number of phenolic OH excluding ortho intramolecular Hbond substituents is 1. The lowest BCUT2D eigenvalue weighted by molar-refractivity contribution is 0.247. The molecule has 0 aliphatic carbocycles. The number of aromatic hydroxyl groups is 1. The maximum Gasteiger partial charge on any atom is 0.200 e. The second-order valence-corrected chi connectivity index (χ2v) is 6.03. The third kappa shape index (κ3) is 3.31. The van der Waals surface area contributed by atoms with Crippen LogP contribution in [0.15, 0.2) is 36.4 Å². The fraction of sp³-hybridized carbons (Fsp3) is 0.368. The Morgan fingerprint density at radius 1 is 1.12 bits per heavy atom. The summed E-state index contributed by atoms with van der Waals surface area (Å²) in [7, 11) is 3.05. The van der Waals surface area contributed by atoms with E-state index in [0.717, 1.165) is 37.1 Å². The molecule has 4 nitrogen and oxygen atoms in total. The summed E-state index contributed by atoms with van der Waals surface area (Å²) >= 11 is 0. The molecule has 1 N–H and O–H groups in total. The van der Waals surface area contributed by atoms with Gasteiger partial charge in [-0.05, 0) is 54.8 Å². The molecule has 0 amide bonds. The lowest BCUT2D eigenvalue weighted by atomic mass is 10.0. The van der Waals surface area contributed by atoms with Crippen LogP contribution in [-0.4, -0.2) is 30.8 Å². The molecule has 1 heterocycles. The summed E-state index contributed by atoms with van der Waals surface area (Å²) in [5.41, 5.74) is 2.14. The highest BCUT2D eigenvalue weighted by Crippen LogP contribution is 2.39. The quantitative estimate of drug-likeness (QED) is 0.903. The second kappa shape index (κ2) is 7.09. The van der Waals surface area contributed by atoms with Gasteiger partial charge >= 0.3 is 0 Å². The van der Waals surface area contributed by atoms with Crippen LogP contribution in [0.25, 0.3) is 0 Å². The number of hydrogen-bond donors (Lipinski definition) is 1. The molecule has 24 heavy (non-hydrogen) atoms. The average molecular weight is 331 g/mol. The molecule has 0 aromatic heterocycles. The zero-order valence-electron chi connectivity index (χ0n) is 14.0. The predicted molar refractivity (Wildman–Crippen MR) is 90.0 cm³/mol. The highest BCUT2D eigenvalue weighted by molar-refractivity contribution is 5.52. The van der Waals surface area contributed by atoms with Crippen molar-refractivity contribution in [3.8, 4) is 17.2 Å². The molecule has 1 aliphatic heterocycles. The molecule has 1 unspecified atom stereocenters. The van der Waals surface area contributed by atoms with Crippen LogP contribution in [0.5, 0.6) is 17.2 Å². The summed E-state index contributed by atoms with van der Waals surface area (Å²) < 4.78 is 23.6. The van der Waals surface area contributed by atoms with Gasteiger partial charge in [-0.15, -0.1) is 0 Å². The molecule has 128 valence electrons. The standard InChI is InChI=1S/C19H22FNO3/c1-23-17-10-13(11-18(24-2)19(17)22)12-21-9-3-4-16(21)14-5-7-15(20)8-6-14/h5-8,10-11,16,22H,3-4,9,12H2,1-2H3. The van der Waals surface area contributed by atoms with E-state index in [-0.39, 0.29) is 17.6 Å². The van der Waals surface area contributed by atoms with Crippen LogP contribution in [0.4, 0.5) is 4.39 Å². The molecule has 5 heteroatoms. The number of phenols is 1. The number of methoxy groups -OCH3 is 2. The Bertz CT molecular complexity index is 677. The van der Waals surface area contributed by atoms with Gasteiger partial charge in [0.25, 0.3) is 0 Å². The van der Waals surface area contributed by atoms with Crippen LogP contribution in [-0.2, 0) is 6.54 Å². The van der Waals surface area contributed by atoms with E-state index in [0.29, 0.717) is 11.5 Å². The van der Waals surface area contributed by atoms with Crippen LogP contribution in [0, 0.1) is 5.82 Å². The van der Waals surface area contributed by atoms with Crippen molar-refractivity contribution >= 4 is 0 Å². The first-order valence-electron chi connectivity index (χ1n) is 8.05. The van der Waals surface area contributed by atoms with Crippen molar-refractivity contribution in [2.75, 3.05) is 20.8 Å². The minimum absolute atomic E-state index is 0.0141. The SMILES string of the molecule is COc1cc(CN2CCCC2c2ccc(F)cc2)cc(OC)c1O. The molecule has 1 aliphatic rings. The fourth-order valence-electron chi connectivity index (χ4n) is 3.35. The van der Waals surface area contributed by atoms with E-state index in [2.05, 4.69) is 4.90 Å². The van der Waals surface area contributed by atoms with E-state index in [4.69, 9.17) is 9.47 Å². The van der Waals surface area contributed by atoms with Gasteiger partial charge in [-0.1, -0.05) is 12.1 Å². The first-order valence-corrected chi connectivity index (χ1v) is 8.05. The van der Waals surface area contributed by atoms with Gasteiger partial charge in [0.1, 0.15) is 5.82 Å². The average Bonchev–Trinajstić information content (AvgIpc) is 3.05. The zero-order chi connectivity index (χ0) is 17.1. The number of rotatable bonds is 5. The van der Waals surface area contributed by atoms with E-state index in [1.54, 1.807) is 0 Å². The van der Waals surface area contributed by atoms with Crippen LogP contribution >= 0.6 is 0 Å². The highest BCUT2D eigenvalue weighted by Gasteiger charge is 2.26. The molecule has 2 aromatic carbocycles. The molecule has 0 saturated carbocycles. The molecule has 2 aromatic rings. The number of halogens is 1. The van der Waals surface area contributed by atoms with Gasteiger partial charge in [0.2, 0.25) is 5.75 Å². The molecule has 0 bridgehead atoms. The largest absolute Gasteiger partial charge is 0.502 e. The number of benzene rings is 2. The lowest BCUT2D eigenvalue weighted by Crippen LogP contribution is -2.22. The molecule has 3 rings (SSSR count). The number of nitrogens with zero attached hydrogens (tertiary/aromatic N) is 1. The van der Waals surface area contributed by atoms with Gasteiger partial charge in [0.15, 0.2) is 11.5 Å². The number of likely N-dealkylation sites (tertiary alicyclic amines) is 1. The van der Waals surface area contributed by atoms with Gasteiger partial charge < -0.3 is 14.6 Å². The Hall–Kier alpha value is -2.27. The Morgan fingerprint density at radius 3 is 2.33 bits per heavy atom. The van der Waals surface area contributed by atoms with Crippen LogP contribution in [0.2, 0.25) is 0 Å². The van der Waals surface area contributed by atoms with Gasteiger partial charge in [0.05, 0.1) is 14.2 Å². The first-order chi connectivity index (χ1) is 11.6. The van der Waals surface area contributed by atoms with Gasteiger partial charge in [0, 0.05) is 12.6 Å². The smallest absolute Gasteiger partial charge is 0.200 e. The molecular weight excluding hydrogens is 309 g/mol. The molecule has 0 spiro atoms. The van der Waals surface area contributed by atoms with Crippen molar-refractivity contribution in [3.63, 3.8) is 0 Å². The van der Waals surface area contributed by atoms with Crippen molar-refractivity contribution in [2.45, 2.75) is 25.4 Å². The summed E-state index contributed by atoms with van der Waals surface area (Å²) in [6.07, 6.45) is 2.16. The summed E-state index contributed by atoms with van der Waals surface area (Å²) in [4.78, 5) is 2.36. The zero-order valence-corrected chi connectivity index (χ0v) is 14.0. The van der Waals surface area contributed by atoms with Gasteiger partial charge in [-0.2, -0.15) is 0 Å². The van der Waals surface area contributed by atoms with E-state index < -0.39 is 0 Å². The highest BCUT2D eigenvalue weighted by atomic mass is 19.1. The minimum Gasteiger partial charge on any atom is -0.502 e. The van der Waals surface area contributed by atoms with E-state index in [9.17, 15) is 9.50 Å². The van der Waals surface area contributed by atoms with Crippen molar-refractivity contribution in [2.24, 2.45) is 0 Å². The Morgan fingerprint density at radius 2 is 1.75 bits per heavy atom. The second-order valence-electron chi connectivity index (χ2n) is 6.03. The minimum atomic E-state index is -0.212. The monoisotopic (exact) mass is 331 g/mol. The molecule has 0 radical (unpaired) electrons.